The zero-order valence-corrected chi connectivity index (χ0v) is 10.2. The van der Waals surface area contributed by atoms with Crippen molar-refractivity contribution in [3.8, 4) is 0 Å². The van der Waals surface area contributed by atoms with E-state index in [1.165, 1.54) is 11.1 Å². The molecule has 1 aromatic carbocycles. The second-order valence-electron chi connectivity index (χ2n) is 4.24. The van der Waals surface area contributed by atoms with Crippen LogP contribution in [0.3, 0.4) is 0 Å². The van der Waals surface area contributed by atoms with Gasteiger partial charge in [-0.2, -0.15) is 0 Å². The van der Waals surface area contributed by atoms with Crippen molar-refractivity contribution in [2.24, 2.45) is 0 Å². The van der Waals surface area contributed by atoms with Gasteiger partial charge in [0.1, 0.15) is 0 Å². The van der Waals surface area contributed by atoms with Crippen LogP contribution in [0.5, 0.6) is 0 Å². The van der Waals surface area contributed by atoms with Crippen LogP contribution >= 0.6 is 11.6 Å². The highest BCUT2D eigenvalue weighted by Crippen LogP contribution is 2.28. The first kappa shape index (κ1) is 11.5. The standard InChI is InChI=1S/C13H16ClNO/c1-2-9-7-10(3-4-12(9)14)11-5-6-15-13(16)8-11/h3-4,7,11H,2,5-6,8H2,1H3,(H,15,16)/t11-/m0/s1. The van der Waals surface area contributed by atoms with Crippen molar-refractivity contribution in [1.29, 1.82) is 0 Å². The van der Waals surface area contributed by atoms with Gasteiger partial charge in [-0.1, -0.05) is 30.7 Å². The number of piperidine rings is 1. The molecule has 1 amide bonds. The van der Waals surface area contributed by atoms with E-state index in [9.17, 15) is 4.79 Å². The first-order valence-electron chi connectivity index (χ1n) is 5.75. The fourth-order valence-corrected chi connectivity index (χ4v) is 2.44. The number of amides is 1. The third-order valence-corrected chi connectivity index (χ3v) is 3.54. The molecule has 0 saturated carbocycles. The molecule has 1 saturated heterocycles. The van der Waals surface area contributed by atoms with Gasteiger partial charge in [0.2, 0.25) is 5.91 Å². The molecule has 3 heteroatoms. The topological polar surface area (TPSA) is 29.1 Å². The number of carbonyl (C=O) groups excluding carboxylic acids is 1. The van der Waals surface area contributed by atoms with Crippen LogP contribution in [-0.4, -0.2) is 12.5 Å². The minimum absolute atomic E-state index is 0.157. The summed E-state index contributed by atoms with van der Waals surface area (Å²) in [6.07, 6.45) is 2.56. The van der Waals surface area contributed by atoms with Crippen LogP contribution in [0.4, 0.5) is 0 Å². The first-order valence-corrected chi connectivity index (χ1v) is 6.13. The summed E-state index contributed by atoms with van der Waals surface area (Å²) < 4.78 is 0. The summed E-state index contributed by atoms with van der Waals surface area (Å²) in [5, 5.41) is 3.68. The van der Waals surface area contributed by atoms with Gasteiger partial charge in [0, 0.05) is 18.0 Å². The molecule has 0 radical (unpaired) electrons. The molecule has 86 valence electrons. The molecule has 0 unspecified atom stereocenters. The van der Waals surface area contributed by atoms with Gasteiger partial charge in [0.05, 0.1) is 0 Å². The molecule has 0 spiro atoms. The highest BCUT2D eigenvalue weighted by Gasteiger charge is 2.20. The summed E-state index contributed by atoms with van der Waals surface area (Å²) in [6, 6.07) is 6.14. The molecule has 1 aromatic rings. The number of benzene rings is 1. The summed E-state index contributed by atoms with van der Waals surface area (Å²) in [5.41, 5.74) is 2.42. The number of aryl methyl sites for hydroxylation is 1. The minimum Gasteiger partial charge on any atom is -0.356 e. The maximum atomic E-state index is 11.3. The van der Waals surface area contributed by atoms with Crippen molar-refractivity contribution < 1.29 is 4.79 Å². The highest BCUT2D eigenvalue weighted by molar-refractivity contribution is 6.31. The molecule has 0 aromatic heterocycles. The van der Waals surface area contributed by atoms with Gasteiger partial charge in [0.25, 0.3) is 0 Å². The van der Waals surface area contributed by atoms with E-state index in [1.54, 1.807) is 0 Å². The van der Waals surface area contributed by atoms with Crippen molar-refractivity contribution in [3.05, 3.63) is 34.3 Å². The number of nitrogens with one attached hydrogen (secondary N) is 1. The van der Waals surface area contributed by atoms with E-state index >= 15 is 0 Å². The molecule has 1 aliphatic rings. The van der Waals surface area contributed by atoms with Crippen molar-refractivity contribution in [2.45, 2.75) is 32.1 Å². The largest absolute Gasteiger partial charge is 0.356 e. The maximum Gasteiger partial charge on any atom is 0.220 e. The van der Waals surface area contributed by atoms with Gasteiger partial charge in [-0.3, -0.25) is 4.79 Å². The van der Waals surface area contributed by atoms with Gasteiger partial charge in [-0.25, -0.2) is 0 Å². The zero-order valence-electron chi connectivity index (χ0n) is 9.42. The Morgan fingerprint density at radius 1 is 1.50 bits per heavy atom. The number of carbonyl (C=O) groups is 1. The predicted molar refractivity (Wildman–Crippen MR) is 65.8 cm³/mol. The molecule has 2 rings (SSSR count). The first-order chi connectivity index (χ1) is 7.70. The fourth-order valence-electron chi connectivity index (χ4n) is 2.19. The molecule has 1 N–H and O–H groups in total. The number of hydrogen-bond donors (Lipinski definition) is 1. The Morgan fingerprint density at radius 3 is 3.00 bits per heavy atom. The number of halogens is 1. The van der Waals surface area contributed by atoms with E-state index in [2.05, 4.69) is 18.3 Å². The van der Waals surface area contributed by atoms with Crippen LogP contribution in [0.2, 0.25) is 5.02 Å². The van der Waals surface area contributed by atoms with Crippen molar-refractivity contribution >= 4 is 17.5 Å². The van der Waals surface area contributed by atoms with Crippen LogP contribution < -0.4 is 5.32 Å². The van der Waals surface area contributed by atoms with E-state index in [0.29, 0.717) is 12.3 Å². The summed E-state index contributed by atoms with van der Waals surface area (Å²) in [5.74, 6) is 0.514. The van der Waals surface area contributed by atoms with Crippen LogP contribution in [0, 0.1) is 0 Å². The normalized spacial score (nSPS) is 20.6. The molecule has 1 fully saturated rings. The maximum absolute atomic E-state index is 11.3. The molecular formula is C13H16ClNO. The SMILES string of the molecule is CCc1cc([C@H]2CCNC(=O)C2)ccc1Cl. The second kappa shape index (κ2) is 4.88. The van der Waals surface area contributed by atoms with Gasteiger partial charge in [-0.05, 0) is 36.0 Å². The van der Waals surface area contributed by atoms with Gasteiger partial charge in [0.15, 0.2) is 0 Å². The summed E-state index contributed by atoms with van der Waals surface area (Å²) in [7, 11) is 0. The third-order valence-electron chi connectivity index (χ3n) is 3.17. The minimum atomic E-state index is 0.157. The molecule has 0 aliphatic carbocycles. The lowest BCUT2D eigenvalue weighted by molar-refractivity contribution is -0.122. The number of rotatable bonds is 2. The van der Waals surface area contributed by atoms with E-state index in [-0.39, 0.29) is 5.91 Å². The number of hydrogen-bond acceptors (Lipinski definition) is 1. The molecule has 0 bridgehead atoms. The molecule has 2 nitrogen and oxygen atoms in total. The smallest absolute Gasteiger partial charge is 0.220 e. The van der Waals surface area contributed by atoms with E-state index in [1.807, 2.05) is 12.1 Å². The summed E-state index contributed by atoms with van der Waals surface area (Å²) in [4.78, 5) is 11.3. The average molecular weight is 238 g/mol. The summed E-state index contributed by atoms with van der Waals surface area (Å²) >= 11 is 6.08. The summed E-state index contributed by atoms with van der Waals surface area (Å²) in [6.45, 7) is 2.88. The Bertz CT molecular complexity index is 403. The van der Waals surface area contributed by atoms with Gasteiger partial charge < -0.3 is 5.32 Å². The lowest BCUT2D eigenvalue weighted by atomic mass is 9.89. The van der Waals surface area contributed by atoms with Crippen molar-refractivity contribution in [1.82, 2.24) is 5.32 Å². The lowest BCUT2D eigenvalue weighted by Gasteiger charge is -2.23. The Labute approximate surface area is 101 Å². The molecule has 1 heterocycles. The van der Waals surface area contributed by atoms with Crippen LogP contribution in [0.1, 0.15) is 36.8 Å². The molecule has 1 aliphatic heterocycles. The average Bonchev–Trinajstić information content (AvgIpc) is 2.29. The lowest BCUT2D eigenvalue weighted by Crippen LogP contribution is -2.32. The van der Waals surface area contributed by atoms with E-state index in [0.717, 1.165) is 24.4 Å². The van der Waals surface area contributed by atoms with Crippen molar-refractivity contribution in [3.63, 3.8) is 0 Å². The third kappa shape index (κ3) is 2.38. The second-order valence-corrected chi connectivity index (χ2v) is 4.65. The van der Waals surface area contributed by atoms with Gasteiger partial charge >= 0.3 is 0 Å². The zero-order chi connectivity index (χ0) is 11.5. The fraction of sp³-hybridized carbons (Fsp3) is 0.462. The van der Waals surface area contributed by atoms with Crippen molar-refractivity contribution in [2.75, 3.05) is 6.54 Å². The van der Waals surface area contributed by atoms with Gasteiger partial charge in [-0.15, -0.1) is 0 Å². The highest BCUT2D eigenvalue weighted by atomic mass is 35.5. The van der Waals surface area contributed by atoms with E-state index < -0.39 is 0 Å². The monoisotopic (exact) mass is 237 g/mol. The Hall–Kier alpha value is -1.02. The Morgan fingerprint density at radius 2 is 2.31 bits per heavy atom. The molecule has 16 heavy (non-hydrogen) atoms. The van der Waals surface area contributed by atoms with Crippen LogP contribution in [0.15, 0.2) is 18.2 Å². The predicted octanol–water partition coefficient (Wildman–Crippen LogP) is 2.90. The van der Waals surface area contributed by atoms with Crippen LogP contribution in [0.25, 0.3) is 0 Å². The Kier molecular flexibility index (Phi) is 3.49. The quantitative estimate of drug-likeness (QED) is 0.842. The molecular weight excluding hydrogens is 222 g/mol. The molecule has 1 atom stereocenters. The Balaban J connectivity index is 2.22. The van der Waals surface area contributed by atoms with E-state index in [4.69, 9.17) is 11.6 Å². The van der Waals surface area contributed by atoms with Crippen LogP contribution in [-0.2, 0) is 11.2 Å².